The monoisotopic (exact) mass is 506 g/mol. The van der Waals surface area contributed by atoms with Crippen LogP contribution >= 0.6 is 0 Å². The summed E-state index contributed by atoms with van der Waals surface area (Å²) in [6.45, 7) is 8.07. The van der Waals surface area contributed by atoms with E-state index < -0.39 is 10.0 Å². The first kappa shape index (κ1) is 28.5. The Morgan fingerprint density at radius 3 is 2.11 bits per heavy atom. The van der Waals surface area contributed by atoms with E-state index in [0.717, 1.165) is 30.4 Å². The maximum Gasteiger partial charge on any atom is 0.238 e. The number of rotatable bonds is 11. The lowest BCUT2D eigenvalue weighted by atomic mass is 9.85. The lowest BCUT2D eigenvalue weighted by molar-refractivity contribution is -0.116. The van der Waals surface area contributed by atoms with Crippen LogP contribution in [0.15, 0.2) is 35.2 Å². The summed E-state index contributed by atoms with van der Waals surface area (Å²) in [5.41, 5.74) is 1.77. The van der Waals surface area contributed by atoms with E-state index in [9.17, 15) is 13.2 Å². The first-order chi connectivity index (χ1) is 16.3. The van der Waals surface area contributed by atoms with E-state index in [1.54, 1.807) is 33.5 Å². The van der Waals surface area contributed by atoms with E-state index in [1.165, 1.54) is 12.1 Å². The van der Waals surface area contributed by atoms with E-state index in [0.29, 0.717) is 22.9 Å². The van der Waals surface area contributed by atoms with Crippen molar-refractivity contribution in [3.63, 3.8) is 0 Å². The minimum absolute atomic E-state index is 0.0510. The first-order valence-electron chi connectivity index (χ1n) is 11.6. The number of amides is 1. The van der Waals surface area contributed by atoms with Gasteiger partial charge in [-0.05, 0) is 41.5 Å². The molecule has 0 aliphatic carbocycles. The molecule has 0 aliphatic rings. The van der Waals surface area contributed by atoms with Crippen LogP contribution in [0.4, 0.5) is 5.69 Å². The molecule has 0 saturated heterocycles. The molecule has 8 nitrogen and oxygen atoms in total. The summed E-state index contributed by atoms with van der Waals surface area (Å²) < 4.78 is 40.3. The minimum atomic E-state index is -3.92. The van der Waals surface area contributed by atoms with E-state index in [-0.39, 0.29) is 28.6 Å². The Morgan fingerprint density at radius 2 is 1.60 bits per heavy atom. The highest BCUT2D eigenvalue weighted by atomic mass is 32.2. The van der Waals surface area contributed by atoms with Crippen LogP contribution in [-0.2, 0) is 20.2 Å². The van der Waals surface area contributed by atoms with Crippen LogP contribution in [0.2, 0.25) is 0 Å². The van der Waals surface area contributed by atoms with Crippen molar-refractivity contribution in [1.29, 1.82) is 0 Å². The van der Waals surface area contributed by atoms with E-state index >= 15 is 0 Å². The summed E-state index contributed by atoms with van der Waals surface area (Å²) in [6, 6.07) is 8.20. The maximum absolute atomic E-state index is 13.3. The molecule has 9 heteroatoms. The molecule has 2 aromatic carbocycles. The topological polar surface area (TPSA) is 117 Å². The molecule has 1 atom stereocenters. The number of benzene rings is 2. The molecule has 35 heavy (non-hydrogen) atoms. The molecular weight excluding hydrogens is 468 g/mol. The quantitative estimate of drug-likeness (QED) is 0.445. The highest BCUT2D eigenvalue weighted by Crippen LogP contribution is 2.41. The highest BCUT2D eigenvalue weighted by Gasteiger charge is 2.25. The van der Waals surface area contributed by atoms with Gasteiger partial charge in [-0.1, -0.05) is 46.6 Å². The second-order valence-electron chi connectivity index (χ2n) is 9.54. The van der Waals surface area contributed by atoms with Crippen LogP contribution in [0.1, 0.15) is 70.4 Å². The molecule has 3 N–H and O–H groups in total. The molecule has 2 rings (SSSR count). The zero-order chi connectivity index (χ0) is 26.4. The molecule has 0 aromatic heterocycles. The number of hydrogen-bond donors (Lipinski definition) is 2. The summed E-state index contributed by atoms with van der Waals surface area (Å²) in [4.78, 5) is 13.2. The third kappa shape index (κ3) is 7.35. The van der Waals surface area contributed by atoms with E-state index in [4.69, 9.17) is 19.3 Å². The van der Waals surface area contributed by atoms with Crippen molar-refractivity contribution in [3.05, 3.63) is 41.5 Å². The zero-order valence-corrected chi connectivity index (χ0v) is 22.5. The average molecular weight is 507 g/mol. The average Bonchev–Trinajstić information content (AvgIpc) is 2.79. The van der Waals surface area contributed by atoms with Crippen LogP contribution < -0.4 is 24.7 Å². The van der Waals surface area contributed by atoms with Gasteiger partial charge in [-0.15, -0.1) is 0 Å². The normalized spacial score (nSPS) is 12.7. The third-order valence-corrected chi connectivity index (χ3v) is 6.83. The van der Waals surface area contributed by atoms with Crippen molar-refractivity contribution in [2.75, 3.05) is 26.6 Å². The number of nitrogens with one attached hydrogen (secondary N) is 1. The molecule has 1 unspecified atom stereocenters. The Kier molecular flexibility index (Phi) is 9.57. The van der Waals surface area contributed by atoms with E-state index in [2.05, 4.69) is 12.2 Å². The predicted molar refractivity (Wildman–Crippen MR) is 138 cm³/mol. The number of primary sulfonamides is 1. The minimum Gasteiger partial charge on any atom is -0.496 e. The van der Waals surface area contributed by atoms with Crippen LogP contribution in [-0.4, -0.2) is 35.7 Å². The Labute approximate surface area is 209 Å². The summed E-state index contributed by atoms with van der Waals surface area (Å²) in [6.07, 6.45) is 2.83. The fraction of sp³-hybridized carbons (Fsp3) is 0.500. The first-order valence-corrected chi connectivity index (χ1v) is 13.2. The number of ether oxygens (including phenoxy) is 3. The maximum atomic E-state index is 13.3. The molecular formula is C26H38N2O6S. The Bertz CT molecular complexity index is 1140. The van der Waals surface area contributed by atoms with Gasteiger partial charge in [0.2, 0.25) is 15.9 Å². The van der Waals surface area contributed by atoms with Crippen molar-refractivity contribution in [3.8, 4) is 17.2 Å². The van der Waals surface area contributed by atoms with Crippen molar-refractivity contribution in [1.82, 2.24) is 0 Å². The lowest BCUT2D eigenvalue weighted by Gasteiger charge is -2.25. The van der Waals surface area contributed by atoms with Gasteiger partial charge in [0.15, 0.2) is 11.5 Å². The van der Waals surface area contributed by atoms with Gasteiger partial charge >= 0.3 is 0 Å². The van der Waals surface area contributed by atoms with Gasteiger partial charge in [-0.2, -0.15) is 0 Å². The number of carbonyl (C=O) groups excluding carboxylic acids is 1. The fourth-order valence-electron chi connectivity index (χ4n) is 4.07. The summed E-state index contributed by atoms with van der Waals surface area (Å²) in [5.74, 6) is 1.33. The Hall–Kier alpha value is -2.78. The number of methoxy groups -OCH3 is 3. The lowest BCUT2D eigenvalue weighted by Crippen LogP contribution is -2.22. The SMILES string of the molecule is CCCCC(CC(=O)Nc1cc(S(N)(=O)=O)ccc1C(C)(C)C)c1cc(OC)c(OC)cc1OC. The van der Waals surface area contributed by atoms with Gasteiger partial charge in [-0.3, -0.25) is 4.79 Å². The van der Waals surface area contributed by atoms with Crippen LogP contribution in [0.5, 0.6) is 17.2 Å². The molecule has 0 fully saturated rings. The van der Waals surface area contributed by atoms with Gasteiger partial charge in [0.05, 0.1) is 26.2 Å². The number of sulfonamides is 1. The number of unbranched alkanes of at least 4 members (excludes halogenated alkanes) is 1. The van der Waals surface area contributed by atoms with Crippen LogP contribution in [0.3, 0.4) is 0 Å². The molecule has 0 radical (unpaired) electrons. The fourth-order valence-corrected chi connectivity index (χ4v) is 4.61. The molecule has 0 heterocycles. The Balaban J connectivity index is 2.45. The molecule has 1 amide bonds. The standard InChI is InChI=1S/C26H38N2O6S/c1-8-9-10-17(19-15-23(33-6)24(34-7)16-22(19)32-5)13-25(29)28-21-14-18(35(27,30)31)11-12-20(21)26(2,3)4/h11-12,14-17H,8-10,13H2,1-7H3,(H,28,29)(H2,27,30,31). The number of anilines is 1. The molecule has 2 aromatic rings. The van der Waals surface area contributed by atoms with Crippen molar-refractivity contribution >= 4 is 21.6 Å². The van der Waals surface area contributed by atoms with Crippen LogP contribution in [0.25, 0.3) is 0 Å². The van der Waals surface area contributed by atoms with Crippen LogP contribution in [0, 0.1) is 0 Å². The van der Waals surface area contributed by atoms with Gasteiger partial charge in [0.25, 0.3) is 0 Å². The van der Waals surface area contributed by atoms with Crippen molar-refractivity contribution in [2.24, 2.45) is 5.14 Å². The second kappa shape index (κ2) is 11.8. The Morgan fingerprint density at radius 1 is 1.00 bits per heavy atom. The summed E-state index contributed by atoms with van der Waals surface area (Å²) >= 11 is 0. The largest absolute Gasteiger partial charge is 0.496 e. The highest BCUT2D eigenvalue weighted by molar-refractivity contribution is 7.89. The third-order valence-electron chi connectivity index (χ3n) is 5.92. The van der Waals surface area contributed by atoms with Gasteiger partial charge < -0.3 is 19.5 Å². The molecule has 194 valence electrons. The molecule has 0 spiro atoms. The number of hydrogen-bond acceptors (Lipinski definition) is 6. The second-order valence-corrected chi connectivity index (χ2v) is 11.1. The molecule has 0 aliphatic heterocycles. The summed E-state index contributed by atoms with van der Waals surface area (Å²) in [7, 11) is 0.782. The molecule has 0 saturated carbocycles. The van der Waals surface area contributed by atoms with Gasteiger partial charge in [-0.25, -0.2) is 13.6 Å². The predicted octanol–water partition coefficient (Wildman–Crippen LogP) is 4.96. The van der Waals surface area contributed by atoms with E-state index in [1.807, 2.05) is 26.8 Å². The number of carbonyl (C=O) groups is 1. The number of nitrogens with two attached hydrogens (primary N) is 1. The van der Waals surface area contributed by atoms with Crippen molar-refractivity contribution in [2.45, 2.75) is 69.6 Å². The van der Waals surface area contributed by atoms with Crippen molar-refractivity contribution < 1.29 is 27.4 Å². The molecule has 0 bridgehead atoms. The van der Waals surface area contributed by atoms with Gasteiger partial charge in [0, 0.05) is 23.7 Å². The zero-order valence-electron chi connectivity index (χ0n) is 21.7. The van der Waals surface area contributed by atoms with Gasteiger partial charge in [0.1, 0.15) is 5.75 Å². The summed E-state index contributed by atoms with van der Waals surface area (Å²) in [5, 5.41) is 8.27. The smallest absolute Gasteiger partial charge is 0.238 e.